The van der Waals surface area contributed by atoms with E-state index in [1.54, 1.807) is 32.5 Å². The molecule has 71 valence electrons. The van der Waals surface area contributed by atoms with Crippen molar-refractivity contribution in [2.24, 2.45) is 0 Å². The number of rotatable bonds is 2. The molecule has 0 saturated carbocycles. The van der Waals surface area contributed by atoms with Gasteiger partial charge in [-0.1, -0.05) is 0 Å². The maximum Gasteiger partial charge on any atom is 0.482 e. The largest absolute Gasteiger partial charge is 0.491 e. The molecule has 0 fully saturated rings. The average molecular weight is 184 g/mol. The van der Waals surface area contributed by atoms with Crippen molar-refractivity contribution < 1.29 is 19.5 Å². The summed E-state index contributed by atoms with van der Waals surface area (Å²) in [6.07, 6.45) is 1.65. The van der Waals surface area contributed by atoms with Crippen LogP contribution in [0, 0.1) is 0 Å². The summed E-state index contributed by atoms with van der Waals surface area (Å²) in [5.74, 6) is 1.18. The molecule has 0 amide bonds. The summed E-state index contributed by atoms with van der Waals surface area (Å²) in [5, 5.41) is 14.0. The second-order valence-electron chi connectivity index (χ2n) is 1.83. The van der Waals surface area contributed by atoms with Crippen molar-refractivity contribution in [2.75, 3.05) is 14.2 Å². The average Bonchev–Trinajstić information content (AvgIpc) is 2.19. The van der Waals surface area contributed by atoms with Crippen molar-refractivity contribution >= 4 is 7.69 Å². The molecule has 0 saturated heterocycles. The Morgan fingerprint density at radius 1 is 1.31 bits per heavy atom. The van der Waals surface area contributed by atoms with Crippen LogP contribution in [0.15, 0.2) is 18.3 Å². The highest BCUT2D eigenvalue weighted by molar-refractivity contribution is 6.13. The molecule has 1 aromatic heterocycles. The van der Waals surface area contributed by atoms with Gasteiger partial charge in [0.2, 0.25) is 0 Å². The molecular weight excluding hydrogens is 173 g/mol. The highest BCUT2D eigenvalue weighted by atomic mass is 16.5. The first-order valence-corrected chi connectivity index (χ1v) is 3.43. The molecule has 2 N–H and O–H groups in total. The van der Waals surface area contributed by atoms with Crippen LogP contribution in [0.3, 0.4) is 0 Å². The van der Waals surface area contributed by atoms with Gasteiger partial charge in [-0.15, -0.1) is 0 Å². The zero-order chi connectivity index (χ0) is 10.1. The summed E-state index contributed by atoms with van der Waals surface area (Å²) in [6, 6.07) is 3.59. The van der Waals surface area contributed by atoms with E-state index in [1.807, 2.05) is 0 Å². The van der Waals surface area contributed by atoms with Crippen LogP contribution >= 0.6 is 0 Å². The van der Waals surface area contributed by atoms with Crippen molar-refractivity contribution in [1.82, 2.24) is 4.98 Å². The molecule has 0 atom stereocenters. The maximum atomic E-state index is 7.00. The third-order valence-electron chi connectivity index (χ3n) is 1.15. The van der Waals surface area contributed by atoms with Crippen molar-refractivity contribution in [2.45, 2.75) is 0 Å². The molecule has 0 bridgehead atoms. The first kappa shape index (κ1) is 11.7. The first-order valence-electron chi connectivity index (χ1n) is 3.43. The summed E-state index contributed by atoms with van der Waals surface area (Å²) >= 11 is 0. The van der Waals surface area contributed by atoms with Gasteiger partial charge in [-0.05, 0) is 12.1 Å². The quantitative estimate of drug-likeness (QED) is 0.612. The van der Waals surface area contributed by atoms with E-state index in [2.05, 4.69) is 4.98 Å². The summed E-state index contributed by atoms with van der Waals surface area (Å²) in [6.45, 7) is 0. The van der Waals surface area contributed by atoms with Crippen LogP contribution in [0.5, 0.6) is 11.6 Å². The Kier molecular flexibility index (Phi) is 6.67. The molecule has 1 rings (SSSR count). The van der Waals surface area contributed by atoms with Crippen LogP contribution < -0.4 is 9.47 Å². The van der Waals surface area contributed by atoms with Crippen LogP contribution in [-0.4, -0.2) is 36.9 Å². The Morgan fingerprint density at radius 3 is 2.31 bits per heavy atom. The predicted octanol–water partition coefficient (Wildman–Crippen LogP) is -0.396. The minimum Gasteiger partial charge on any atom is -0.491 e. The summed E-state index contributed by atoms with van der Waals surface area (Å²) in [5.41, 5.74) is 0. The maximum absolute atomic E-state index is 7.00. The number of pyridine rings is 1. The second-order valence-corrected chi connectivity index (χ2v) is 1.83. The fourth-order valence-corrected chi connectivity index (χ4v) is 0.685. The number of methoxy groups -OCH3 is 2. The highest BCUT2D eigenvalue weighted by Crippen LogP contribution is 2.21. The number of nitrogens with zero attached hydrogens (tertiary/aromatic N) is 1. The van der Waals surface area contributed by atoms with Crippen LogP contribution in [-0.2, 0) is 0 Å². The standard InChI is InChI=1S/C7H9NO2.BH2O2/c1-9-6-4-3-5-8-7(6)10-2;2-1-3/h3-5H,1-2H3;2-3H. The van der Waals surface area contributed by atoms with E-state index in [1.165, 1.54) is 0 Å². The minimum absolute atomic E-state index is 0. The van der Waals surface area contributed by atoms with Gasteiger partial charge in [-0.2, -0.15) is 0 Å². The van der Waals surface area contributed by atoms with Crippen LogP contribution in [0.1, 0.15) is 0 Å². The molecule has 1 aromatic rings. The van der Waals surface area contributed by atoms with Crippen molar-refractivity contribution in [3.8, 4) is 11.6 Å². The van der Waals surface area contributed by atoms with Crippen LogP contribution in [0.2, 0.25) is 0 Å². The Labute approximate surface area is 77.3 Å². The summed E-state index contributed by atoms with van der Waals surface area (Å²) in [4.78, 5) is 3.92. The Hall–Kier alpha value is -1.27. The molecule has 1 radical (unpaired) electrons. The lowest BCUT2D eigenvalue weighted by atomic mass is 10.4. The molecule has 0 aliphatic heterocycles. The van der Waals surface area contributed by atoms with Crippen LogP contribution in [0.4, 0.5) is 0 Å². The normalized spacial score (nSPS) is 8.00. The molecule has 0 aliphatic rings. The lowest BCUT2D eigenvalue weighted by Crippen LogP contribution is -1.91. The molecule has 13 heavy (non-hydrogen) atoms. The molecule has 1 heterocycles. The Balaban J connectivity index is 0.000000424. The van der Waals surface area contributed by atoms with Gasteiger partial charge in [-0.25, -0.2) is 4.98 Å². The Morgan fingerprint density at radius 2 is 1.92 bits per heavy atom. The number of ether oxygens (including phenoxy) is 2. The lowest BCUT2D eigenvalue weighted by Gasteiger charge is -2.03. The number of aromatic nitrogens is 1. The molecule has 0 spiro atoms. The monoisotopic (exact) mass is 184 g/mol. The van der Waals surface area contributed by atoms with Crippen molar-refractivity contribution in [1.29, 1.82) is 0 Å². The van der Waals surface area contributed by atoms with Gasteiger partial charge in [0.15, 0.2) is 5.75 Å². The van der Waals surface area contributed by atoms with E-state index in [9.17, 15) is 0 Å². The lowest BCUT2D eigenvalue weighted by molar-refractivity contribution is 0.343. The van der Waals surface area contributed by atoms with Gasteiger partial charge in [0, 0.05) is 6.20 Å². The summed E-state index contributed by atoms with van der Waals surface area (Å²) in [7, 11) is 3.14. The molecule has 5 nitrogen and oxygen atoms in total. The minimum atomic E-state index is 0. The van der Waals surface area contributed by atoms with Crippen molar-refractivity contribution in [3.05, 3.63) is 18.3 Å². The topological polar surface area (TPSA) is 71.8 Å². The fraction of sp³-hybridized carbons (Fsp3) is 0.286. The smallest absolute Gasteiger partial charge is 0.482 e. The van der Waals surface area contributed by atoms with Gasteiger partial charge < -0.3 is 19.5 Å². The zero-order valence-corrected chi connectivity index (χ0v) is 7.47. The van der Waals surface area contributed by atoms with E-state index in [0.717, 1.165) is 0 Å². The van der Waals surface area contributed by atoms with E-state index < -0.39 is 0 Å². The highest BCUT2D eigenvalue weighted by Gasteiger charge is 1.99. The van der Waals surface area contributed by atoms with Gasteiger partial charge in [-0.3, -0.25) is 0 Å². The predicted molar refractivity (Wildman–Crippen MR) is 47.5 cm³/mol. The SMILES string of the molecule is COc1cccnc1OC.O[B]O. The van der Waals surface area contributed by atoms with E-state index in [0.29, 0.717) is 11.6 Å². The number of hydrogen-bond donors (Lipinski definition) is 2. The molecular formula is C7H11BNO4. The van der Waals surface area contributed by atoms with Crippen LogP contribution in [0.25, 0.3) is 0 Å². The molecule has 0 aromatic carbocycles. The second kappa shape index (κ2) is 7.39. The van der Waals surface area contributed by atoms with E-state index in [4.69, 9.17) is 19.5 Å². The zero-order valence-electron chi connectivity index (χ0n) is 7.47. The van der Waals surface area contributed by atoms with Gasteiger partial charge in [0.25, 0.3) is 5.88 Å². The molecule has 6 heteroatoms. The van der Waals surface area contributed by atoms with Gasteiger partial charge in [0.05, 0.1) is 14.2 Å². The third-order valence-corrected chi connectivity index (χ3v) is 1.15. The van der Waals surface area contributed by atoms with Gasteiger partial charge >= 0.3 is 7.69 Å². The summed E-state index contributed by atoms with van der Waals surface area (Å²) < 4.78 is 9.85. The molecule has 0 unspecified atom stereocenters. The molecule has 0 aliphatic carbocycles. The fourth-order valence-electron chi connectivity index (χ4n) is 0.685. The van der Waals surface area contributed by atoms with E-state index >= 15 is 0 Å². The number of hydrogen-bond acceptors (Lipinski definition) is 5. The first-order chi connectivity index (χ1) is 6.29. The van der Waals surface area contributed by atoms with E-state index in [-0.39, 0.29) is 7.69 Å². The van der Waals surface area contributed by atoms with Gasteiger partial charge in [0.1, 0.15) is 0 Å². The Bertz CT molecular complexity index is 210. The van der Waals surface area contributed by atoms with Crippen molar-refractivity contribution in [3.63, 3.8) is 0 Å². The third kappa shape index (κ3) is 4.34.